The molecule has 1 heterocycles. The molecule has 152 valence electrons. The number of hydrogen-bond donors (Lipinski definition) is 0. The topological polar surface area (TPSA) is 101 Å². The summed E-state index contributed by atoms with van der Waals surface area (Å²) in [5.41, 5.74) is 1.29. The normalized spacial score (nSPS) is 15.6. The largest absolute Gasteiger partial charge is 0.363 e. The minimum atomic E-state index is -3.58. The fourth-order valence-electron chi connectivity index (χ4n) is 3.15. The molecule has 2 aromatic carbocycles. The molecular weight excluding hydrogens is 394 g/mol. The average Bonchev–Trinajstić information content (AvgIpc) is 2.72. The number of Topliss-reactive ketones (excluding diaryl/α,β-unsaturated/α-hetero) is 1. The molecule has 29 heavy (non-hydrogen) atoms. The SMILES string of the molecule is CC(=O)c1ccc(N2CCN(S(=O)(=O)/C=C/c3ccccc3)CC2)c([N+](=O)[O-])c1. The number of sulfonamides is 1. The molecule has 1 saturated heterocycles. The second-order valence-corrected chi connectivity index (χ2v) is 8.48. The standard InChI is InChI=1S/C20H21N3O5S/c1-16(24)18-7-8-19(20(15-18)23(25)26)21-10-12-22(13-11-21)29(27,28)14-9-17-5-3-2-4-6-17/h2-9,14-15H,10-13H2,1H3/b14-9+. The molecule has 0 bridgehead atoms. The maximum Gasteiger partial charge on any atom is 0.293 e. The van der Waals surface area contributed by atoms with Gasteiger partial charge in [-0.05, 0) is 30.7 Å². The van der Waals surface area contributed by atoms with Gasteiger partial charge in [0.2, 0.25) is 10.0 Å². The Kier molecular flexibility index (Phi) is 6.09. The van der Waals surface area contributed by atoms with E-state index in [4.69, 9.17) is 0 Å². The molecule has 0 amide bonds. The van der Waals surface area contributed by atoms with Gasteiger partial charge in [-0.2, -0.15) is 4.31 Å². The van der Waals surface area contributed by atoms with Gasteiger partial charge in [-0.3, -0.25) is 14.9 Å². The van der Waals surface area contributed by atoms with Crippen molar-refractivity contribution < 1.29 is 18.1 Å². The second-order valence-electron chi connectivity index (χ2n) is 6.66. The van der Waals surface area contributed by atoms with E-state index in [0.717, 1.165) is 5.56 Å². The zero-order chi connectivity index (χ0) is 21.0. The summed E-state index contributed by atoms with van der Waals surface area (Å²) in [6.45, 7) is 2.42. The molecule has 0 aromatic heterocycles. The van der Waals surface area contributed by atoms with Gasteiger partial charge >= 0.3 is 0 Å². The van der Waals surface area contributed by atoms with Crippen LogP contribution in [0.15, 0.2) is 53.9 Å². The summed E-state index contributed by atoms with van der Waals surface area (Å²) in [4.78, 5) is 24.2. The van der Waals surface area contributed by atoms with E-state index in [-0.39, 0.29) is 30.1 Å². The van der Waals surface area contributed by atoms with Gasteiger partial charge in [-0.15, -0.1) is 0 Å². The van der Waals surface area contributed by atoms with E-state index in [1.807, 2.05) is 30.3 Å². The summed E-state index contributed by atoms with van der Waals surface area (Å²) in [7, 11) is -3.58. The Hall–Kier alpha value is -3.04. The lowest BCUT2D eigenvalue weighted by Gasteiger charge is -2.34. The Morgan fingerprint density at radius 3 is 2.31 bits per heavy atom. The molecule has 0 atom stereocenters. The van der Waals surface area contributed by atoms with Crippen LogP contribution in [0, 0.1) is 10.1 Å². The van der Waals surface area contributed by atoms with Crippen LogP contribution < -0.4 is 4.90 Å². The second kappa shape index (κ2) is 8.54. The first-order valence-electron chi connectivity index (χ1n) is 9.05. The highest BCUT2D eigenvalue weighted by Crippen LogP contribution is 2.30. The van der Waals surface area contributed by atoms with E-state index in [2.05, 4.69) is 0 Å². The molecule has 0 spiro atoms. The molecule has 1 fully saturated rings. The summed E-state index contributed by atoms with van der Waals surface area (Å²) >= 11 is 0. The molecule has 0 radical (unpaired) electrons. The lowest BCUT2D eigenvalue weighted by Crippen LogP contribution is -2.48. The maximum absolute atomic E-state index is 12.6. The molecule has 8 nitrogen and oxygen atoms in total. The van der Waals surface area contributed by atoms with Crippen molar-refractivity contribution in [3.63, 3.8) is 0 Å². The van der Waals surface area contributed by atoms with Crippen LogP contribution >= 0.6 is 0 Å². The van der Waals surface area contributed by atoms with Crippen LogP contribution in [0.25, 0.3) is 6.08 Å². The molecule has 0 N–H and O–H groups in total. The minimum Gasteiger partial charge on any atom is -0.363 e. The number of nitro groups is 1. The number of rotatable bonds is 6. The molecule has 9 heteroatoms. The van der Waals surface area contributed by atoms with Crippen molar-refractivity contribution in [1.82, 2.24) is 4.31 Å². The van der Waals surface area contributed by atoms with Gasteiger partial charge in [0.15, 0.2) is 5.78 Å². The third-order valence-electron chi connectivity index (χ3n) is 4.75. The Labute approximate surface area is 169 Å². The fraction of sp³-hybridized carbons (Fsp3) is 0.250. The first-order chi connectivity index (χ1) is 13.8. The number of ketones is 1. The summed E-state index contributed by atoms with van der Waals surface area (Å²) in [5.74, 6) is -0.249. The zero-order valence-electron chi connectivity index (χ0n) is 15.9. The van der Waals surface area contributed by atoms with Crippen LogP contribution in [0.2, 0.25) is 0 Å². The molecule has 0 saturated carbocycles. The summed E-state index contributed by atoms with van der Waals surface area (Å²) < 4.78 is 26.5. The minimum absolute atomic E-state index is 0.155. The number of anilines is 1. The fourth-order valence-corrected chi connectivity index (χ4v) is 4.33. The van der Waals surface area contributed by atoms with Gasteiger partial charge in [0, 0.05) is 43.2 Å². The van der Waals surface area contributed by atoms with Crippen molar-refractivity contribution in [2.75, 3.05) is 31.1 Å². The van der Waals surface area contributed by atoms with Crippen LogP contribution in [0.4, 0.5) is 11.4 Å². The first-order valence-corrected chi connectivity index (χ1v) is 10.6. The summed E-state index contributed by atoms with van der Waals surface area (Å²) in [5, 5.41) is 12.6. The summed E-state index contributed by atoms with van der Waals surface area (Å²) in [6.07, 6.45) is 1.55. The number of piperazine rings is 1. The van der Waals surface area contributed by atoms with Gasteiger partial charge in [0.05, 0.1) is 4.92 Å². The van der Waals surface area contributed by atoms with E-state index in [1.165, 1.54) is 22.7 Å². The van der Waals surface area contributed by atoms with Crippen molar-refractivity contribution in [2.45, 2.75) is 6.92 Å². The molecule has 3 rings (SSSR count). The average molecular weight is 415 g/mol. The lowest BCUT2D eigenvalue weighted by atomic mass is 10.1. The van der Waals surface area contributed by atoms with Crippen LogP contribution in [0.1, 0.15) is 22.8 Å². The van der Waals surface area contributed by atoms with Gasteiger partial charge in [0.25, 0.3) is 5.69 Å². The first kappa shape index (κ1) is 20.7. The van der Waals surface area contributed by atoms with Crippen molar-refractivity contribution in [3.05, 3.63) is 75.2 Å². The highest BCUT2D eigenvalue weighted by atomic mass is 32.2. The van der Waals surface area contributed by atoms with Crippen molar-refractivity contribution in [3.8, 4) is 0 Å². The lowest BCUT2D eigenvalue weighted by molar-refractivity contribution is -0.384. The number of nitrogens with zero attached hydrogens (tertiary/aromatic N) is 3. The highest BCUT2D eigenvalue weighted by molar-refractivity contribution is 7.92. The van der Waals surface area contributed by atoms with Crippen LogP contribution in [0.3, 0.4) is 0 Å². The Bertz CT molecular complexity index is 1040. The third-order valence-corrected chi connectivity index (χ3v) is 6.31. The molecule has 1 aliphatic heterocycles. The van der Waals surface area contributed by atoms with E-state index >= 15 is 0 Å². The van der Waals surface area contributed by atoms with Crippen LogP contribution in [-0.4, -0.2) is 49.6 Å². The smallest absolute Gasteiger partial charge is 0.293 e. The zero-order valence-corrected chi connectivity index (χ0v) is 16.7. The number of carbonyl (C=O) groups excluding carboxylic acids is 1. The molecule has 0 aliphatic carbocycles. The number of carbonyl (C=O) groups is 1. The van der Waals surface area contributed by atoms with Crippen molar-refractivity contribution >= 4 is 33.3 Å². The van der Waals surface area contributed by atoms with Gasteiger partial charge in [-0.1, -0.05) is 30.3 Å². The van der Waals surface area contributed by atoms with E-state index in [1.54, 1.807) is 23.1 Å². The number of benzene rings is 2. The predicted molar refractivity (Wildman–Crippen MR) is 111 cm³/mol. The van der Waals surface area contributed by atoms with Crippen LogP contribution in [0.5, 0.6) is 0 Å². The molecule has 2 aromatic rings. The van der Waals surface area contributed by atoms with Gasteiger partial charge < -0.3 is 4.90 Å². The van der Waals surface area contributed by atoms with E-state index < -0.39 is 14.9 Å². The van der Waals surface area contributed by atoms with Crippen molar-refractivity contribution in [1.29, 1.82) is 0 Å². The van der Waals surface area contributed by atoms with Gasteiger partial charge in [0.1, 0.15) is 5.69 Å². The Morgan fingerprint density at radius 2 is 1.72 bits per heavy atom. The number of hydrogen-bond acceptors (Lipinski definition) is 6. The quantitative estimate of drug-likeness (QED) is 0.408. The molecule has 0 unspecified atom stereocenters. The Balaban J connectivity index is 1.73. The van der Waals surface area contributed by atoms with E-state index in [9.17, 15) is 23.3 Å². The van der Waals surface area contributed by atoms with Crippen molar-refractivity contribution in [2.24, 2.45) is 0 Å². The maximum atomic E-state index is 12.6. The van der Waals surface area contributed by atoms with Crippen LogP contribution in [-0.2, 0) is 10.0 Å². The Morgan fingerprint density at radius 1 is 1.07 bits per heavy atom. The monoisotopic (exact) mass is 415 g/mol. The predicted octanol–water partition coefficient (Wildman–Crippen LogP) is 2.92. The summed E-state index contributed by atoms with van der Waals surface area (Å²) in [6, 6.07) is 13.5. The third kappa shape index (κ3) is 4.87. The van der Waals surface area contributed by atoms with Gasteiger partial charge in [-0.25, -0.2) is 8.42 Å². The molecule has 1 aliphatic rings. The molecular formula is C20H21N3O5S. The van der Waals surface area contributed by atoms with E-state index in [0.29, 0.717) is 18.8 Å². The highest BCUT2D eigenvalue weighted by Gasteiger charge is 2.28. The number of nitro benzene ring substituents is 1.